The van der Waals surface area contributed by atoms with Crippen LogP contribution in [0.25, 0.3) is 0 Å². The Kier molecular flexibility index (Phi) is 7.92. The van der Waals surface area contributed by atoms with Crippen molar-refractivity contribution >= 4 is 23.2 Å². The maximum Gasteiger partial charge on any atom is 0.221 e. The molecule has 6 heteroatoms. The van der Waals surface area contributed by atoms with E-state index in [0.717, 1.165) is 17.9 Å². The number of carbonyl (C=O) groups is 1. The molecule has 0 fully saturated rings. The molecule has 2 rings (SSSR count). The Morgan fingerprint density at radius 1 is 1.12 bits per heavy atom. The number of hydrogen-bond donors (Lipinski definition) is 2. The Hall–Kier alpha value is -2.40. The third-order valence-corrected chi connectivity index (χ3v) is 3.72. The molecule has 0 aliphatic rings. The quantitative estimate of drug-likeness (QED) is 0.632. The van der Waals surface area contributed by atoms with Crippen LogP contribution < -0.4 is 20.1 Å². The molecule has 0 radical (unpaired) electrons. The fourth-order valence-corrected chi connectivity index (χ4v) is 2.40. The van der Waals surface area contributed by atoms with Crippen molar-refractivity contribution in [3.8, 4) is 11.5 Å². The van der Waals surface area contributed by atoms with Crippen LogP contribution in [0.1, 0.15) is 12.8 Å². The molecule has 25 heavy (non-hydrogen) atoms. The molecule has 0 unspecified atom stereocenters. The van der Waals surface area contributed by atoms with E-state index in [9.17, 15) is 4.79 Å². The fourth-order valence-electron chi connectivity index (χ4n) is 2.22. The van der Waals surface area contributed by atoms with Crippen molar-refractivity contribution in [2.45, 2.75) is 12.8 Å². The van der Waals surface area contributed by atoms with E-state index in [2.05, 4.69) is 10.6 Å². The van der Waals surface area contributed by atoms with Crippen LogP contribution in [-0.4, -0.2) is 32.7 Å². The molecule has 0 saturated carbocycles. The van der Waals surface area contributed by atoms with Crippen LogP contribution in [0.15, 0.2) is 48.5 Å². The lowest BCUT2D eigenvalue weighted by molar-refractivity contribution is -0.120. The maximum absolute atomic E-state index is 11.8. The summed E-state index contributed by atoms with van der Waals surface area (Å²) in [5.74, 6) is 1.53. The molecule has 134 valence electrons. The third kappa shape index (κ3) is 6.93. The lowest BCUT2D eigenvalue weighted by atomic mass is 10.2. The molecule has 0 spiro atoms. The van der Waals surface area contributed by atoms with E-state index in [1.807, 2.05) is 30.3 Å². The monoisotopic (exact) mass is 362 g/mol. The molecule has 5 nitrogen and oxygen atoms in total. The average molecular weight is 363 g/mol. The number of halogens is 1. The fraction of sp³-hybridized carbons (Fsp3) is 0.316. The maximum atomic E-state index is 11.8. The molecule has 2 aromatic carbocycles. The van der Waals surface area contributed by atoms with Crippen molar-refractivity contribution in [2.75, 3.05) is 32.1 Å². The molecule has 0 saturated heterocycles. The molecule has 0 heterocycles. The van der Waals surface area contributed by atoms with Gasteiger partial charge in [-0.2, -0.15) is 0 Å². The van der Waals surface area contributed by atoms with Crippen LogP contribution in [0.5, 0.6) is 11.5 Å². The van der Waals surface area contributed by atoms with Crippen LogP contribution in [0.4, 0.5) is 5.69 Å². The highest BCUT2D eigenvalue weighted by atomic mass is 35.5. The largest absolute Gasteiger partial charge is 0.495 e. The first-order valence-electron chi connectivity index (χ1n) is 8.21. The zero-order chi connectivity index (χ0) is 17.9. The summed E-state index contributed by atoms with van der Waals surface area (Å²) in [4.78, 5) is 11.8. The molecule has 0 bridgehead atoms. The number of ether oxygens (including phenoxy) is 2. The summed E-state index contributed by atoms with van der Waals surface area (Å²) >= 11 is 5.97. The van der Waals surface area contributed by atoms with Gasteiger partial charge < -0.3 is 20.1 Å². The topological polar surface area (TPSA) is 59.6 Å². The Labute approximate surface area is 153 Å². The zero-order valence-corrected chi connectivity index (χ0v) is 15.0. The number of hydrogen-bond acceptors (Lipinski definition) is 4. The van der Waals surface area contributed by atoms with Gasteiger partial charge in [-0.05, 0) is 36.8 Å². The molecular formula is C19H23ClN2O3. The van der Waals surface area contributed by atoms with Crippen LogP contribution >= 0.6 is 11.6 Å². The minimum Gasteiger partial charge on any atom is -0.495 e. The van der Waals surface area contributed by atoms with E-state index < -0.39 is 0 Å². The van der Waals surface area contributed by atoms with Crippen molar-refractivity contribution in [2.24, 2.45) is 0 Å². The number of rotatable bonds is 10. The van der Waals surface area contributed by atoms with Gasteiger partial charge >= 0.3 is 0 Å². The first kappa shape index (κ1) is 18.9. The van der Waals surface area contributed by atoms with Crippen LogP contribution in [0, 0.1) is 0 Å². The first-order chi connectivity index (χ1) is 12.2. The second-order valence-electron chi connectivity index (χ2n) is 5.39. The van der Waals surface area contributed by atoms with Gasteiger partial charge in [-0.15, -0.1) is 0 Å². The Bertz CT molecular complexity index is 665. The van der Waals surface area contributed by atoms with Crippen LogP contribution in [0.3, 0.4) is 0 Å². The predicted octanol–water partition coefficient (Wildman–Crippen LogP) is 3.74. The second-order valence-corrected chi connectivity index (χ2v) is 5.82. The highest BCUT2D eigenvalue weighted by molar-refractivity contribution is 6.30. The smallest absolute Gasteiger partial charge is 0.221 e. The molecule has 0 aromatic heterocycles. The minimum absolute atomic E-state index is 0.00629. The normalized spacial score (nSPS) is 10.2. The SMILES string of the molecule is COc1ccc(Cl)cc1NCCC(=O)NCCCOc1ccccc1. The summed E-state index contributed by atoms with van der Waals surface area (Å²) in [5.41, 5.74) is 0.777. The lowest BCUT2D eigenvalue weighted by Gasteiger charge is -2.11. The van der Waals surface area contributed by atoms with Gasteiger partial charge in [-0.1, -0.05) is 29.8 Å². The number of benzene rings is 2. The molecular weight excluding hydrogens is 340 g/mol. The lowest BCUT2D eigenvalue weighted by Crippen LogP contribution is -2.27. The second kappa shape index (κ2) is 10.5. The minimum atomic E-state index is -0.00629. The number of nitrogens with one attached hydrogen (secondary N) is 2. The molecule has 0 aliphatic heterocycles. The van der Waals surface area contributed by atoms with Gasteiger partial charge in [0.25, 0.3) is 0 Å². The zero-order valence-electron chi connectivity index (χ0n) is 14.3. The number of amides is 1. The van der Waals surface area contributed by atoms with E-state index in [1.54, 1.807) is 25.3 Å². The highest BCUT2D eigenvalue weighted by Crippen LogP contribution is 2.27. The number of para-hydroxylation sites is 1. The molecule has 0 atom stereocenters. The van der Waals surface area contributed by atoms with Gasteiger partial charge in [0.1, 0.15) is 11.5 Å². The third-order valence-electron chi connectivity index (χ3n) is 3.48. The van der Waals surface area contributed by atoms with Crippen LogP contribution in [-0.2, 0) is 4.79 Å². The molecule has 2 N–H and O–H groups in total. The number of carbonyl (C=O) groups excluding carboxylic acids is 1. The van der Waals surface area contributed by atoms with E-state index in [4.69, 9.17) is 21.1 Å². The van der Waals surface area contributed by atoms with Gasteiger partial charge in [0.15, 0.2) is 0 Å². The van der Waals surface area contributed by atoms with Gasteiger partial charge in [0, 0.05) is 24.5 Å². The van der Waals surface area contributed by atoms with E-state index in [-0.39, 0.29) is 5.91 Å². The van der Waals surface area contributed by atoms with Gasteiger partial charge in [-0.3, -0.25) is 4.79 Å². The van der Waals surface area contributed by atoms with E-state index in [1.165, 1.54) is 0 Å². The first-order valence-corrected chi connectivity index (χ1v) is 8.59. The summed E-state index contributed by atoms with van der Waals surface area (Å²) in [6.45, 7) is 1.66. The van der Waals surface area contributed by atoms with Crippen LogP contribution in [0.2, 0.25) is 5.02 Å². The Morgan fingerprint density at radius 2 is 1.92 bits per heavy atom. The van der Waals surface area contributed by atoms with E-state index >= 15 is 0 Å². The summed E-state index contributed by atoms with van der Waals surface area (Å²) in [6.07, 6.45) is 1.13. The van der Waals surface area contributed by atoms with Crippen molar-refractivity contribution in [1.29, 1.82) is 0 Å². The Morgan fingerprint density at radius 3 is 2.68 bits per heavy atom. The van der Waals surface area contributed by atoms with Gasteiger partial charge in [0.2, 0.25) is 5.91 Å². The standard InChI is InChI=1S/C19H23ClN2O3/c1-24-18-9-8-15(20)14-17(18)21-12-10-19(23)22-11-5-13-25-16-6-3-2-4-7-16/h2-4,6-9,14,21H,5,10-13H2,1H3,(H,22,23). The summed E-state index contributed by atoms with van der Waals surface area (Å²) in [6, 6.07) is 15.0. The van der Waals surface area contributed by atoms with Gasteiger partial charge in [0.05, 0.1) is 19.4 Å². The summed E-state index contributed by atoms with van der Waals surface area (Å²) in [5, 5.41) is 6.66. The molecule has 2 aromatic rings. The molecule has 1 amide bonds. The van der Waals surface area contributed by atoms with Crippen molar-refractivity contribution in [1.82, 2.24) is 5.32 Å². The van der Waals surface area contributed by atoms with Gasteiger partial charge in [-0.25, -0.2) is 0 Å². The Balaban J connectivity index is 1.59. The highest BCUT2D eigenvalue weighted by Gasteiger charge is 2.05. The molecule has 0 aliphatic carbocycles. The average Bonchev–Trinajstić information content (AvgIpc) is 2.62. The summed E-state index contributed by atoms with van der Waals surface area (Å²) < 4.78 is 10.8. The number of anilines is 1. The predicted molar refractivity (Wildman–Crippen MR) is 101 cm³/mol. The van der Waals surface area contributed by atoms with Crippen molar-refractivity contribution in [3.05, 3.63) is 53.6 Å². The van der Waals surface area contributed by atoms with Crippen molar-refractivity contribution in [3.63, 3.8) is 0 Å². The number of methoxy groups -OCH3 is 1. The van der Waals surface area contributed by atoms with Crippen molar-refractivity contribution < 1.29 is 14.3 Å². The van der Waals surface area contributed by atoms with E-state index in [0.29, 0.717) is 36.9 Å². The summed E-state index contributed by atoms with van der Waals surface area (Å²) in [7, 11) is 1.60.